The number of halogens is 2. The number of carbonyl (C=O) groups excluding carboxylic acids is 1. The van der Waals surface area contributed by atoms with Gasteiger partial charge in [0.25, 0.3) is 0 Å². The second kappa shape index (κ2) is 5.29. The number of aromatic nitrogens is 1. The van der Waals surface area contributed by atoms with E-state index in [2.05, 4.69) is 20.9 Å². The maximum Gasteiger partial charge on any atom is 0.151 e. The molecule has 0 saturated heterocycles. The van der Waals surface area contributed by atoms with Crippen LogP contribution in [0.4, 0.5) is 0 Å². The van der Waals surface area contributed by atoms with Gasteiger partial charge >= 0.3 is 0 Å². The van der Waals surface area contributed by atoms with Gasteiger partial charge in [0.1, 0.15) is 11.5 Å². The Hall–Kier alpha value is -1.39. The number of hydrogen-bond acceptors (Lipinski definition) is 3. The highest BCUT2D eigenvalue weighted by Gasteiger charge is 2.05. The van der Waals surface area contributed by atoms with Gasteiger partial charge < -0.3 is 4.74 Å². The van der Waals surface area contributed by atoms with E-state index in [1.54, 1.807) is 18.2 Å². The molecule has 3 nitrogen and oxygen atoms in total. The molecule has 1 aromatic heterocycles. The van der Waals surface area contributed by atoms with E-state index in [0.717, 1.165) is 4.47 Å². The predicted molar refractivity (Wildman–Crippen MR) is 68.9 cm³/mol. The molecule has 86 valence electrons. The van der Waals surface area contributed by atoms with Crippen LogP contribution in [0.5, 0.6) is 11.5 Å². The summed E-state index contributed by atoms with van der Waals surface area (Å²) in [5.74, 6) is 0.973. The van der Waals surface area contributed by atoms with Gasteiger partial charge in [-0.1, -0.05) is 27.5 Å². The average molecular weight is 313 g/mol. The number of hydrogen-bond donors (Lipinski definition) is 0. The molecule has 0 aliphatic rings. The molecule has 0 bridgehead atoms. The van der Waals surface area contributed by atoms with Crippen molar-refractivity contribution in [2.45, 2.75) is 0 Å². The fourth-order valence-electron chi connectivity index (χ4n) is 1.24. The zero-order valence-corrected chi connectivity index (χ0v) is 10.9. The molecule has 0 atom stereocenters. The Morgan fingerprint density at radius 2 is 2.12 bits per heavy atom. The predicted octanol–water partition coefficient (Wildman–Crippen LogP) is 4.10. The van der Waals surface area contributed by atoms with Crippen LogP contribution in [0.15, 0.2) is 41.1 Å². The zero-order chi connectivity index (χ0) is 12.3. The van der Waals surface area contributed by atoms with Crippen molar-refractivity contribution >= 4 is 33.8 Å². The van der Waals surface area contributed by atoms with Crippen molar-refractivity contribution in [3.05, 3.63) is 51.7 Å². The van der Waals surface area contributed by atoms with Gasteiger partial charge in [0, 0.05) is 16.2 Å². The highest BCUT2D eigenvalue weighted by molar-refractivity contribution is 9.10. The third-order valence-electron chi connectivity index (χ3n) is 1.99. The van der Waals surface area contributed by atoms with E-state index in [0.29, 0.717) is 28.4 Å². The SMILES string of the molecule is O=Cc1cncc(Oc2cc(Br)ccc2Cl)c1. The Kier molecular flexibility index (Phi) is 3.76. The quantitative estimate of drug-likeness (QED) is 0.801. The molecule has 0 saturated carbocycles. The average Bonchev–Trinajstić information content (AvgIpc) is 2.34. The highest BCUT2D eigenvalue weighted by atomic mass is 79.9. The van der Waals surface area contributed by atoms with Crippen molar-refractivity contribution in [3.8, 4) is 11.5 Å². The van der Waals surface area contributed by atoms with Crippen LogP contribution in [0.2, 0.25) is 5.02 Å². The molecule has 1 heterocycles. The minimum Gasteiger partial charge on any atom is -0.454 e. The Balaban J connectivity index is 2.30. The first-order valence-electron chi connectivity index (χ1n) is 4.72. The second-order valence-electron chi connectivity index (χ2n) is 3.25. The van der Waals surface area contributed by atoms with Crippen molar-refractivity contribution in [3.63, 3.8) is 0 Å². The van der Waals surface area contributed by atoms with E-state index >= 15 is 0 Å². The van der Waals surface area contributed by atoms with Crippen LogP contribution in [0.1, 0.15) is 10.4 Å². The van der Waals surface area contributed by atoms with Gasteiger partial charge in [-0.3, -0.25) is 9.78 Å². The Labute approximate surface area is 112 Å². The molecule has 0 spiro atoms. The first kappa shape index (κ1) is 12.1. The molecule has 0 N–H and O–H groups in total. The van der Waals surface area contributed by atoms with Gasteiger partial charge in [-0.05, 0) is 24.3 Å². The molecule has 0 aliphatic carbocycles. The Morgan fingerprint density at radius 1 is 1.29 bits per heavy atom. The lowest BCUT2D eigenvalue weighted by molar-refractivity contribution is 0.112. The molecule has 2 aromatic rings. The molecule has 2 rings (SSSR count). The lowest BCUT2D eigenvalue weighted by Gasteiger charge is -2.07. The lowest BCUT2D eigenvalue weighted by Crippen LogP contribution is -1.89. The number of aldehydes is 1. The molecular formula is C12H7BrClNO2. The Bertz CT molecular complexity index is 560. The van der Waals surface area contributed by atoms with Crippen molar-refractivity contribution in [2.24, 2.45) is 0 Å². The maximum atomic E-state index is 10.6. The molecule has 0 unspecified atom stereocenters. The van der Waals surface area contributed by atoms with Gasteiger partial charge in [0.15, 0.2) is 6.29 Å². The van der Waals surface area contributed by atoms with Crippen LogP contribution in [0.25, 0.3) is 0 Å². The van der Waals surface area contributed by atoms with Gasteiger partial charge in [0.05, 0.1) is 11.2 Å². The lowest BCUT2D eigenvalue weighted by atomic mass is 10.3. The first-order chi connectivity index (χ1) is 8.19. The van der Waals surface area contributed by atoms with Crippen LogP contribution in [0, 0.1) is 0 Å². The van der Waals surface area contributed by atoms with Gasteiger partial charge in [0.2, 0.25) is 0 Å². The normalized spacial score (nSPS) is 10.0. The minimum absolute atomic E-state index is 0.452. The number of carbonyl (C=O) groups is 1. The molecule has 5 heteroatoms. The maximum absolute atomic E-state index is 10.6. The van der Waals surface area contributed by atoms with Crippen molar-refractivity contribution < 1.29 is 9.53 Å². The van der Waals surface area contributed by atoms with E-state index < -0.39 is 0 Å². The zero-order valence-electron chi connectivity index (χ0n) is 8.56. The van der Waals surface area contributed by atoms with Crippen LogP contribution < -0.4 is 4.74 Å². The summed E-state index contributed by atoms with van der Waals surface area (Å²) in [6.07, 6.45) is 3.69. The third-order valence-corrected chi connectivity index (χ3v) is 2.80. The molecule has 1 aromatic carbocycles. The fourth-order valence-corrected chi connectivity index (χ4v) is 1.73. The van der Waals surface area contributed by atoms with Crippen molar-refractivity contribution in [1.82, 2.24) is 4.98 Å². The van der Waals surface area contributed by atoms with Crippen LogP contribution in [-0.4, -0.2) is 11.3 Å². The standard InChI is InChI=1S/C12H7BrClNO2/c13-9-1-2-11(14)12(4-9)17-10-3-8(7-16)5-15-6-10/h1-7H. The van der Waals surface area contributed by atoms with Gasteiger partial charge in [-0.25, -0.2) is 0 Å². The molecular weight excluding hydrogens is 305 g/mol. The first-order valence-corrected chi connectivity index (χ1v) is 5.89. The summed E-state index contributed by atoms with van der Waals surface area (Å²) < 4.78 is 6.41. The summed E-state index contributed by atoms with van der Waals surface area (Å²) in [4.78, 5) is 14.5. The van der Waals surface area contributed by atoms with Crippen LogP contribution in [-0.2, 0) is 0 Å². The molecule has 0 fully saturated rings. The number of ether oxygens (including phenoxy) is 1. The summed E-state index contributed by atoms with van der Waals surface area (Å²) >= 11 is 9.31. The van der Waals surface area contributed by atoms with Crippen LogP contribution >= 0.6 is 27.5 Å². The topological polar surface area (TPSA) is 39.2 Å². The second-order valence-corrected chi connectivity index (χ2v) is 4.57. The van der Waals surface area contributed by atoms with E-state index in [-0.39, 0.29) is 0 Å². The number of pyridine rings is 1. The van der Waals surface area contributed by atoms with Gasteiger partial charge in [-0.2, -0.15) is 0 Å². The summed E-state index contributed by atoms with van der Waals surface area (Å²) in [5.41, 5.74) is 0.452. The van der Waals surface area contributed by atoms with E-state index in [1.807, 2.05) is 6.07 Å². The summed E-state index contributed by atoms with van der Waals surface area (Å²) in [6, 6.07) is 6.88. The molecule has 0 amide bonds. The van der Waals surface area contributed by atoms with E-state index in [9.17, 15) is 4.79 Å². The van der Waals surface area contributed by atoms with Crippen molar-refractivity contribution in [1.29, 1.82) is 0 Å². The number of nitrogens with zero attached hydrogens (tertiary/aromatic N) is 1. The van der Waals surface area contributed by atoms with Gasteiger partial charge in [-0.15, -0.1) is 0 Å². The largest absolute Gasteiger partial charge is 0.454 e. The van der Waals surface area contributed by atoms with E-state index in [4.69, 9.17) is 16.3 Å². The number of rotatable bonds is 3. The molecule has 0 radical (unpaired) electrons. The fraction of sp³-hybridized carbons (Fsp3) is 0. The van der Waals surface area contributed by atoms with E-state index in [1.165, 1.54) is 12.4 Å². The smallest absolute Gasteiger partial charge is 0.151 e. The Morgan fingerprint density at radius 3 is 2.88 bits per heavy atom. The third kappa shape index (κ3) is 3.05. The monoisotopic (exact) mass is 311 g/mol. The summed E-state index contributed by atoms with van der Waals surface area (Å²) in [5, 5.41) is 0.490. The van der Waals surface area contributed by atoms with Crippen LogP contribution in [0.3, 0.4) is 0 Å². The number of benzene rings is 1. The highest BCUT2D eigenvalue weighted by Crippen LogP contribution is 2.31. The molecule has 17 heavy (non-hydrogen) atoms. The summed E-state index contributed by atoms with van der Waals surface area (Å²) in [6.45, 7) is 0. The van der Waals surface area contributed by atoms with Crippen molar-refractivity contribution in [2.75, 3.05) is 0 Å². The summed E-state index contributed by atoms with van der Waals surface area (Å²) in [7, 11) is 0. The molecule has 0 aliphatic heterocycles. The minimum atomic E-state index is 0.452.